The Morgan fingerprint density at radius 1 is 1.53 bits per heavy atom. The van der Waals surface area contributed by atoms with Crippen molar-refractivity contribution in [1.29, 1.82) is 0 Å². The molecule has 1 amide bonds. The highest BCUT2D eigenvalue weighted by molar-refractivity contribution is 7.12. The van der Waals surface area contributed by atoms with Gasteiger partial charge in [0.25, 0.3) is 5.91 Å². The molecule has 19 heavy (non-hydrogen) atoms. The molecule has 0 unspecified atom stereocenters. The maximum absolute atomic E-state index is 11.9. The second kappa shape index (κ2) is 5.19. The largest absolute Gasteiger partial charge is 0.467 e. The number of halogens is 1. The fourth-order valence-corrected chi connectivity index (χ4v) is 2.94. The summed E-state index contributed by atoms with van der Waals surface area (Å²) in [4.78, 5) is 13.0. The first-order chi connectivity index (χ1) is 9.29. The summed E-state index contributed by atoms with van der Waals surface area (Å²) in [6.07, 6.45) is 2.25. The quantitative estimate of drug-likeness (QED) is 0.816. The number of rotatable bonds is 3. The molecule has 0 bridgehead atoms. The van der Waals surface area contributed by atoms with Crippen LogP contribution in [0.25, 0.3) is 0 Å². The van der Waals surface area contributed by atoms with Crippen LogP contribution in [-0.2, 0) is 4.79 Å². The monoisotopic (exact) mass is 294 g/mol. The van der Waals surface area contributed by atoms with Crippen LogP contribution in [0.5, 0.6) is 0 Å². The molecule has 0 aromatic carbocycles. The molecule has 0 radical (unpaired) electrons. The summed E-state index contributed by atoms with van der Waals surface area (Å²) >= 11 is 7.25. The number of carbonyl (C=O) groups excluding carboxylic acids is 1. The van der Waals surface area contributed by atoms with Crippen molar-refractivity contribution in [3.8, 4) is 0 Å². The molecule has 0 aliphatic carbocycles. The van der Waals surface area contributed by atoms with Crippen molar-refractivity contribution in [3.05, 3.63) is 46.5 Å². The molecular formula is C13H11ClN2O2S. The van der Waals surface area contributed by atoms with Crippen LogP contribution >= 0.6 is 22.9 Å². The fourth-order valence-electron chi connectivity index (χ4n) is 2.10. The Balaban J connectivity index is 1.93. The van der Waals surface area contributed by atoms with Gasteiger partial charge in [-0.05, 0) is 23.6 Å². The minimum atomic E-state index is -0.213. The van der Waals surface area contributed by atoms with Crippen LogP contribution in [0.15, 0.2) is 45.4 Å². The number of carbonyl (C=O) groups is 1. The first-order valence-corrected chi connectivity index (χ1v) is 7.24. The number of hydrogen-bond acceptors (Lipinski definition) is 4. The van der Waals surface area contributed by atoms with E-state index in [4.69, 9.17) is 16.0 Å². The zero-order chi connectivity index (χ0) is 13.2. The Morgan fingerprint density at radius 3 is 3.05 bits per heavy atom. The van der Waals surface area contributed by atoms with Gasteiger partial charge >= 0.3 is 0 Å². The second-order valence-corrected chi connectivity index (χ2v) is 5.35. The molecule has 6 heteroatoms. The SMILES string of the molecule is O=C(CCl)N1N=C(c2cccs2)C[C@H]1c1ccco1. The van der Waals surface area contributed by atoms with Gasteiger partial charge in [-0.15, -0.1) is 22.9 Å². The van der Waals surface area contributed by atoms with Gasteiger partial charge in [0.05, 0.1) is 16.9 Å². The van der Waals surface area contributed by atoms with Crippen molar-refractivity contribution in [3.63, 3.8) is 0 Å². The van der Waals surface area contributed by atoms with E-state index in [1.807, 2.05) is 29.6 Å². The third kappa shape index (κ3) is 2.31. The fraction of sp³-hybridized carbons (Fsp3) is 0.231. The molecule has 1 aliphatic rings. The van der Waals surface area contributed by atoms with Crippen molar-refractivity contribution in [2.24, 2.45) is 5.10 Å². The van der Waals surface area contributed by atoms with E-state index in [0.717, 1.165) is 16.3 Å². The van der Waals surface area contributed by atoms with Crippen molar-refractivity contribution < 1.29 is 9.21 Å². The van der Waals surface area contributed by atoms with E-state index < -0.39 is 0 Å². The second-order valence-electron chi connectivity index (χ2n) is 4.13. The zero-order valence-electron chi connectivity index (χ0n) is 9.95. The van der Waals surface area contributed by atoms with Crippen molar-refractivity contribution in [1.82, 2.24) is 5.01 Å². The minimum Gasteiger partial charge on any atom is -0.467 e. The normalized spacial score (nSPS) is 18.7. The van der Waals surface area contributed by atoms with E-state index in [0.29, 0.717) is 6.42 Å². The van der Waals surface area contributed by atoms with E-state index in [-0.39, 0.29) is 17.8 Å². The lowest BCUT2D eigenvalue weighted by molar-refractivity contribution is -0.130. The van der Waals surface area contributed by atoms with Gasteiger partial charge < -0.3 is 4.42 Å². The Kier molecular flexibility index (Phi) is 3.40. The smallest absolute Gasteiger partial charge is 0.258 e. The van der Waals surface area contributed by atoms with Gasteiger partial charge in [-0.1, -0.05) is 6.07 Å². The number of nitrogens with zero attached hydrogens (tertiary/aromatic N) is 2. The standard InChI is InChI=1S/C13H11ClN2O2S/c14-8-13(17)16-10(11-3-1-5-18-11)7-9(15-16)12-4-2-6-19-12/h1-6,10H,7-8H2/t10-/m0/s1. The number of hydrogen-bond donors (Lipinski definition) is 0. The topological polar surface area (TPSA) is 45.8 Å². The molecule has 0 spiro atoms. The first-order valence-electron chi connectivity index (χ1n) is 5.82. The lowest BCUT2D eigenvalue weighted by Gasteiger charge is -2.18. The number of amides is 1. The molecule has 98 valence electrons. The van der Waals surface area contributed by atoms with Gasteiger partial charge in [0.15, 0.2) is 0 Å². The highest BCUT2D eigenvalue weighted by Gasteiger charge is 2.34. The molecule has 0 N–H and O–H groups in total. The molecule has 2 aromatic heterocycles. The average molecular weight is 295 g/mol. The summed E-state index contributed by atoms with van der Waals surface area (Å²) in [6.45, 7) is 0. The maximum Gasteiger partial charge on any atom is 0.258 e. The van der Waals surface area contributed by atoms with Crippen LogP contribution in [0.2, 0.25) is 0 Å². The predicted molar refractivity (Wildman–Crippen MR) is 74.5 cm³/mol. The molecular weight excluding hydrogens is 284 g/mol. The summed E-state index contributed by atoms with van der Waals surface area (Å²) in [5.74, 6) is 0.432. The number of thiophene rings is 1. The van der Waals surface area contributed by atoms with Gasteiger partial charge in [0.2, 0.25) is 0 Å². The Bertz CT molecular complexity index is 592. The van der Waals surface area contributed by atoms with Crippen molar-refractivity contribution >= 4 is 34.6 Å². The van der Waals surface area contributed by atoms with E-state index in [2.05, 4.69) is 5.10 Å². The van der Waals surface area contributed by atoms with Crippen LogP contribution in [0.1, 0.15) is 23.1 Å². The highest BCUT2D eigenvalue weighted by atomic mass is 35.5. The molecule has 0 fully saturated rings. The molecule has 0 saturated heterocycles. The van der Waals surface area contributed by atoms with Gasteiger partial charge in [-0.3, -0.25) is 4.79 Å². The van der Waals surface area contributed by atoms with Crippen LogP contribution in [0.4, 0.5) is 0 Å². The Labute approximate surface area is 119 Å². The Morgan fingerprint density at radius 2 is 2.42 bits per heavy atom. The molecule has 1 atom stereocenters. The van der Waals surface area contributed by atoms with Gasteiger partial charge in [0, 0.05) is 6.42 Å². The zero-order valence-corrected chi connectivity index (χ0v) is 11.5. The van der Waals surface area contributed by atoms with Crippen LogP contribution in [0.3, 0.4) is 0 Å². The predicted octanol–water partition coefficient (Wildman–Crippen LogP) is 3.26. The molecule has 3 heterocycles. The van der Waals surface area contributed by atoms with Gasteiger partial charge in [-0.2, -0.15) is 5.10 Å². The summed E-state index contributed by atoms with van der Waals surface area (Å²) in [5.41, 5.74) is 0.898. The molecule has 4 nitrogen and oxygen atoms in total. The van der Waals surface area contributed by atoms with Crippen LogP contribution < -0.4 is 0 Å². The molecule has 1 aliphatic heterocycles. The number of hydrazone groups is 1. The van der Waals surface area contributed by atoms with Crippen LogP contribution in [0, 0.1) is 0 Å². The third-order valence-corrected chi connectivity index (χ3v) is 4.10. The summed E-state index contributed by atoms with van der Waals surface area (Å²) in [6, 6.07) is 7.43. The minimum absolute atomic E-state index is 0.0849. The molecule has 3 rings (SSSR count). The van der Waals surface area contributed by atoms with E-state index >= 15 is 0 Å². The third-order valence-electron chi connectivity index (χ3n) is 2.96. The average Bonchev–Trinajstić information content (AvgIpc) is 3.14. The van der Waals surface area contributed by atoms with E-state index in [1.165, 1.54) is 5.01 Å². The first kappa shape index (κ1) is 12.4. The number of furan rings is 1. The van der Waals surface area contributed by atoms with E-state index in [1.54, 1.807) is 17.6 Å². The van der Waals surface area contributed by atoms with Crippen LogP contribution in [-0.4, -0.2) is 22.5 Å². The summed E-state index contributed by atoms with van der Waals surface area (Å²) in [7, 11) is 0. The Hall–Kier alpha value is -1.59. The maximum atomic E-state index is 11.9. The molecule has 0 saturated carbocycles. The summed E-state index contributed by atoms with van der Waals surface area (Å²) < 4.78 is 5.40. The lowest BCUT2D eigenvalue weighted by atomic mass is 10.1. The van der Waals surface area contributed by atoms with Gasteiger partial charge in [0.1, 0.15) is 17.7 Å². The number of alkyl halides is 1. The summed E-state index contributed by atoms with van der Waals surface area (Å²) in [5, 5.41) is 7.83. The van der Waals surface area contributed by atoms with Gasteiger partial charge in [-0.25, -0.2) is 5.01 Å². The van der Waals surface area contributed by atoms with Crippen molar-refractivity contribution in [2.75, 3.05) is 5.88 Å². The van der Waals surface area contributed by atoms with Crippen molar-refractivity contribution in [2.45, 2.75) is 12.5 Å². The molecule has 2 aromatic rings. The highest BCUT2D eigenvalue weighted by Crippen LogP contribution is 2.33. The van der Waals surface area contributed by atoms with E-state index in [9.17, 15) is 4.79 Å². The lowest BCUT2D eigenvalue weighted by Crippen LogP contribution is -2.27.